The lowest BCUT2D eigenvalue weighted by Gasteiger charge is -2.29. The highest BCUT2D eigenvalue weighted by molar-refractivity contribution is 6.04. The fourth-order valence-electron chi connectivity index (χ4n) is 3.16. The lowest BCUT2D eigenvalue weighted by molar-refractivity contribution is 0.0697. The lowest BCUT2D eigenvalue weighted by Crippen LogP contribution is -2.36. The molecule has 3 rings (SSSR count). The summed E-state index contributed by atoms with van der Waals surface area (Å²) in [5, 5.41) is 20.0. The molecular weight excluding hydrogens is 268 g/mol. The number of aliphatic hydroxyl groups excluding tert-OH is 1. The van der Waals surface area contributed by atoms with Gasteiger partial charge in [-0.15, -0.1) is 0 Å². The third-order valence-corrected chi connectivity index (χ3v) is 4.33. The van der Waals surface area contributed by atoms with Crippen molar-refractivity contribution < 1.29 is 15.0 Å². The Balaban J connectivity index is 2.23. The van der Waals surface area contributed by atoms with Gasteiger partial charge in [-0.1, -0.05) is 25.1 Å². The van der Waals surface area contributed by atoms with E-state index in [-0.39, 0.29) is 18.2 Å². The fraction of sp³-hybridized carbons (Fsp3) is 0.375. The monoisotopic (exact) mass is 286 g/mol. The molecule has 1 aromatic carbocycles. The predicted molar refractivity (Wildman–Crippen MR) is 80.7 cm³/mol. The molecule has 110 valence electrons. The molecule has 2 unspecified atom stereocenters. The standard InChI is InChI=1S/C16H18N2O3/c1-10-6-7-18(14(10)9-19)15-11-4-2-3-5-13(11)17-8-12(15)16(20)21/h2-5,8,10,14,19H,6-7,9H2,1H3,(H,20,21). The van der Waals surface area contributed by atoms with Crippen molar-refractivity contribution in [1.82, 2.24) is 4.98 Å². The van der Waals surface area contributed by atoms with Crippen molar-refractivity contribution in [2.24, 2.45) is 5.92 Å². The number of carboxylic acid groups (broad SMARTS) is 1. The number of benzene rings is 1. The third kappa shape index (κ3) is 2.23. The Kier molecular flexibility index (Phi) is 3.51. The normalized spacial score (nSPS) is 21.9. The number of hydrogen-bond acceptors (Lipinski definition) is 4. The first-order valence-corrected chi connectivity index (χ1v) is 7.12. The molecule has 0 amide bonds. The molecule has 2 aromatic rings. The fourth-order valence-corrected chi connectivity index (χ4v) is 3.16. The summed E-state index contributed by atoms with van der Waals surface area (Å²) in [4.78, 5) is 17.8. The van der Waals surface area contributed by atoms with Crippen LogP contribution in [0.2, 0.25) is 0 Å². The molecule has 1 aliphatic rings. The molecule has 2 N–H and O–H groups in total. The minimum Gasteiger partial charge on any atom is -0.478 e. The molecule has 21 heavy (non-hydrogen) atoms. The van der Waals surface area contributed by atoms with Gasteiger partial charge in [-0.2, -0.15) is 0 Å². The van der Waals surface area contributed by atoms with E-state index < -0.39 is 5.97 Å². The lowest BCUT2D eigenvalue weighted by atomic mass is 10.0. The number of aromatic nitrogens is 1. The minimum absolute atomic E-state index is 0.0247. The number of carbonyl (C=O) groups is 1. The van der Waals surface area contributed by atoms with Crippen LogP contribution in [0.1, 0.15) is 23.7 Å². The van der Waals surface area contributed by atoms with Gasteiger partial charge in [-0.3, -0.25) is 4.98 Å². The SMILES string of the molecule is CC1CCN(c2c(C(=O)O)cnc3ccccc23)C1CO. The molecular formula is C16H18N2O3. The number of hydrogen-bond donors (Lipinski definition) is 2. The maximum Gasteiger partial charge on any atom is 0.339 e. The van der Waals surface area contributed by atoms with Gasteiger partial charge < -0.3 is 15.1 Å². The number of anilines is 1. The maximum absolute atomic E-state index is 11.6. The van der Waals surface area contributed by atoms with Crippen molar-refractivity contribution >= 4 is 22.6 Å². The molecule has 1 aliphatic heterocycles. The number of rotatable bonds is 3. The molecule has 0 aliphatic carbocycles. The first-order valence-electron chi connectivity index (χ1n) is 7.12. The van der Waals surface area contributed by atoms with Crippen molar-refractivity contribution in [2.75, 3.05) is 18.1 Å². The number of aliphatic hydroxyl groups is 1. The van der Waals surface area contributed by atoms with E-state index in [0.29, 0.717) is 11.6 Å². The van der Waals surface area contributed by atoms with E-state index >= 15 is 0 Å². The van der Waals surface area contributed by atoms with Crippen molar-refractivity contribution in [3.63, 3.8) is 0 Å². The topological polar surface area (TPSA) is 73.7 Å². The Bertz CT molecular complexity index is 686. The molecule has 0 saturated carbocycles. The second-order valence-electron chi connectivity index (χ2n) is 5.55. The molecule has 0 spiro atoms. The highest BCUT2D eigenvalue weighted by Gasteiger charge is 2.33. The first-order chi connectivity index (χ1) is 10.1. The van der Waals surface area contributed by atoms with Crippen LogP contribution in [0.5, 0.6) is 0 Å². The van der Waals surface area contributed by atoms with Crippen LogP contribution in [0.3, 0.4) is 0 Å². The zero-order valence-corrected chi connectivity index (χ0v) is 11.9. The van der Waals surface area contributed by atoms with Crippen LogP contribution in [0.4, 0.5) is 5.69 Å². The van der Waals surface area contributed by atoms with Crippen molar-refractivity contribution in [3.05, 3.63) is 36.0 Å². The summed E-state index contributed by atoms with van der Waals surface area (Å²) in [6.07, 6.45) is 2.36. The van der Waals surface area contributed by atoms with Crippen LogP contribution in [0.15, 0.2) is 30.5 Å². The number of nitrogens with zero attached hydrogens (tertiary/aromatic N) is 2. The van der Waals surface area contributed by atoms with Crippen LogP contribution in [0.25, 0.3) is 10.9 Å². The van der Waals surface area contributed by atoms with Crippen molar-refractivity contribution in [1.29, 1.82) is 0 Å². The Labute approximate surface area is 122 Å². The Morgan fingerprint density at radius 2 is 2.19 bits per heavy atom. The van der Waals surface area contributed by atoms with Gasteiger partial charge in [0.25, 0.3) is 0 Å². The molecule has 2 heterocycles. The summed E-state index contributed by atoms with van der Waals surface area (Å²) < 4.78 is 0. The molecule has 0 radical (unpaired) electrons. The highest BCUT2D eigenvalue weighted by atomic mass is 16.4. The zero-order valence-electron chi connectivity index (χ0n) is 11.9. The summed E-state index contributed by atoms with van der Waals surface area (Å²) in [5.74, 6) is -0.650. The Hall–Kier alpha value is -2.14. The van der Waals surface area contributed by atoms with Crippen LogP contribution >= 0.6 is 0 Å². The molecule has 5 heteroatoms. The number of para-hydroxylation sites is 1. The Morgan fingerprint density at radius 3 is 2.90 bits per heavy atom. The summed E-state index contributed by atoms with van der Waals surface area (Å²) in [6.45, 7) is 2.86. The van der Waals surface area contributed by atoms with Gasteiger partial charge in [-0.25, -0.2) is 4.79 Å². The van der Waals surface area contributed by atoms with Gasteiger partial charge in [0.15, 0.2) is 0 Å². The van der Waals surface area contributed by atoms with E-state index in [2.05, 4.69) is 11.9 Å². The van der Waals surface area contributed by atoms with E-state index in [9.17, 15) is 15.0 Å². The van der Waals surface area contributed by atoms with Crippen LogP contribution in [-0.2, 0) is 0 Å². The molecule has 5 nitrogen and oxygen atoms in total. The molecule has 0 bridgehead atoms. The van der Waals surface area contributed by atoms with Gasteiger partial charge in [-0.05, 0) is 18.4 Å². The second-order valence-corrected chi connectivity index (χ2v) is 5.55. The number of fused-ring (bicyclic) bond motifs is 1. The first kappa shape index (κ1) is 13.8. The largest absolute Gasteiger partial charge is 0.478 e. The zero-order chi connectivity index (χ0) is 15.0. The average Bonchev–Trinajstić information content (AvgIpc) is 2.86. The summed E-state index contributed by atoms with van der Waals surface area (Å²) in [5.41, 5.74) is 1.64. The maximum atomic E-state index is 11.6. The third-order valence-electron chi connectivity index (χ3n) is 4.33. The number of aromatic carboxylic acids is 1. The van der Waals surface area contributed by atoms with Crippen LogP contribution < -0.4 is 4.90 Å². The number of carboxylic acids is 1. The van der Waals surface area contributed by atoms with E-state index in [1.165, 1.54) is 6.20 Å². The van der Waals surface area contributed by atoms with Crippen molar-refractivity contribution in [2.45, 2.75) is 19.4 Å². The quantitative estimate of drug-likeness (QED) is 0.904. The van der Waals surface area contributed by atoms with Gasteiger partial charge in [0.2, 0.25) is 0 Å². The minimum atomic E-state index is -0.987. The average molecular weight is 286 g/mol. The summed E-state index contributed by atoms with van der Waals surface area (Å²) >= 11 is 0. The smallest absolute Gasteiger partial charge is 0.339 e. The molecule has 1 saturated heterocycles. The van der Waals surface area contributed by atoms with Gasteiger partial charge in [0, 0.05) is 18.1 Å². The van der Waals surface area contributed by atoms with E-state index in [1.54, 1.807) is 0 Å². The summed E-state index contributed by atoms with van der Waals surface area (Å²) in [6, 6.07) is 7.48. The molecule has 1 aromatic heterocycles. The Morgan fingerprint density at radius 1 is 1.43 bits per heavy atom. The van der Waals surface area contributed by atoms with Crippen molar-refractivity contribution in [3.8, 4) is 0 Å². The van der Waals surface area contributed by atoms with Crippen LogP contribution in [0, 0.1) is 5.92 Å². The second kappa shape index (κ2) is 5.33. The summed E-state index contributed by atoms with van der Waals surface area (Å²) in [7, 11) is 0. The predicted octanol–water partition coefficient (Wildman–Crippen LogP) is 2.14. The number of pyridine rings is 1. The molecule has 2 atom stereocenters. The van der Waals surface area contributed by atoms with E-state index in [4.69, 9.17) is 0 Å². The molecule has 1 fully saturated rings. The van der Waals surface area contributed by atoms with Gasteiger partial charge in [0.1, 0.15) is 5.56 Å². The van der Waals surface area contributed by atoms with Gasteiger partial charge in [0.05, 0.1) is 23.9 Å². The van der Waals surface area contributed by atoms with E-state index in [0.717, 1.165) is 23.9 Å². The van der Waals surface area contributed by atoms with E-state index in [1.807, 2.05) is 29.2 Å². The van der Waals surface area contributed by atoms with Crippen LogP contribution in [-0.4, -0.2) is 40.4 Å². The highest BCUT2D eigenvalue weighted by Crippen LogP contribution is 2.36. The van der Waals surface area contributed by atoms with Gasteiger partial charge >= 0.3 is 5.97 Å².